The zero-order valence-electron chi connectivity index (χ0n) is 12.9. The van der Waals surface area contributed by atoms with Gasteiger partial charge in [0, 0.05) is 24.1 Å². The fraction of sp³-hybridized carbons (Fsp3) is 0.733. The van der Waals surface area contributed by atoms with Crippen molar-refractivity contribution in [1.82, 2.24) is 14.9 Å². The molecule has 1 amide bonds. The summed E-state index contributed by atoms with van der Waals surface area (Å²) in [4.78, 5) is 21.8. The van der Waals surface area contributed by atoms with Gasteiger partial charge in [0.25, 0.3) is 0 Å². The van der Waals surface area contributed by atoms with E-state index in [4.69, 9.17) is 9.47 Å². The predicted molar refractivity (Wildman–Crippen MR) is 76.9 cm³/mol. The van der Waals surface area contributed by atoms with Crippen LogP contribution in [0, 0.1) is 11.3 Å². The molecule has 0 aliphatic carbocycles. The van der Waals surface area contributed by atoms with Gasteiger partial charge in [-0.2, -0.15) is 0 Å². The maximum atomic E-state index is 12.5. The summed E-state index contributed by atoms with van der Waals surface area (Å²) in [7, 11) is 0. The van der Waals surface area contributed by atoms with Crippen LogP contribution in [0.4, 0.5) is 4.79 Å². The number of carbonyl (C=O) groups is 1. The van der Waals surface area contributed by atoms with Gasteiger partial charge in [-0.25, -0.2) is 9.78 Å². The third kappa shape index (κ3) is 2.64. The molecule has 1 saturated heterocycles. The summed E-state index contributed by atoms with van der Waals surface area (Å²) >= 11 is 0. The summed E-state index contributed by atoms with van der Waals surface area (Å²) < 4.78 is 10.7. The van der Waals surface area contributed by atoms with Crippen LogP contribution in [-0.4, -0.2) is 47.3 Å². The van der Waals surface area contributed by atoms with Crippen LogP contribution < -0.4 is 0 Å². The van der Waals surface area contributed by atoms with Crippen LogP contribution in [0.25, 0.3) is 0 Å². The largest absolute Gasteiger partial charge is 0.449 e. The number of aromatic amines is 1. The van der Waals surface area contributed by atoms with Crippen LogP contribution in [0.1, 0.15) is 38.2 Å². The molecule has 3 heterocycles. The van der Waals surface area contributed by atoms with Crippen molar-refractivity contribution in [3.05, 3.63) is 17.7 Å². The maximum Gasteiger partial charge on any atom is 0.410 e. The number of nitrogens with zero attached hydrogens (tertiary/aromatic N) is 2. The Hall–Kier alpha value is -1.56. The summed E-state index contributed by atoms with van der Waals surface area (Å²) in [6, 6.07) is -0.0158. The van der Waals surface area contributed by atoms with E-state index in [1.807, 2.05) is 4.90 Å². The number of rotatable bonds is 3. The quantitative estimate of drug-likeness (QED) is 0.927. The normalized spacial score (nSPS) is 23.6. The zero-order chi connectivity index (χ0) is 15.0. The molecule has 0 unspecified atom stereocenters. The number of nitrogens with one attached hydrogen (secondary N) is 1. The van der Waals surface area contributed by atoms with Gasteiger partial charge in [0.05, 0.1) is 31.3 Å². The Labute approximate surface area is 124 Å². The first-order chi connectivity index (χ1) is 10.0. The fourth-order valence-electron chi connectivity index (χ4n) is 3.04. The van der Waals surface area contributed by atoms with Crippen molar-refractivity contribution in [2.45, 2.75) is 33.2 Å². The SMILES string of the molecule is CC(C)[C@@H]1c2nc[nH]c2CCN1C(=O)OCC1(C)COC1. The van der Waals surface area contributed by atoms with E-state index in [1.165, 1.54) is 0 Å². The van der Waals surface area contributed by atoms with Gasteiger partial charge in [-0.1, -0.05) is 20.8 Å². The third-order valence-corrected chi connectivity index (χ3v) is 4.28. The van der Waals surface area contributed by atoms with Crippen LogP contribution in [0.3, 0.4) is 0 Å². The smallest absolute Gasteiger partial charge is 0.410 e. The van der Waals surface area contributed by atoms with Crippen molar-refractivity contribution in [3.8, 4) is 0 Å². The predicted octanol–water partition coefficient (Wildman–Crippen LogP) is 2.14. The minimum Gasteiger partial charge on any atom is -0.449 e. The van der Waals surface area contributed by atoms with Crippen LogP contribution in [0.5, 0.6) is 0 Å². The Morgan fingerprint density at radius 1 is 1.62 bits per heavy atom. The van der Waals surface area contributed by atoms with Gasteiger partial charge in [0.1, 0.15) is 6.61 Å². The fourth-order valence-corrected chi connectivity index (χ4v) is 3.04. The van der Waals surface area contributed by atoms with Gasteiger partial charge in [-0.3, -0.25) is 4.90 Å². The molecule has 1 aromatic rings. The van der Waals surface area contributed by atoms with Gasteiger partial charge in [0.2, 0.25) is 0 Å². The van der Waals surface area contributed by atoms with Crippen molar-refractivity contribution in [2.75, 3.05) is 26.4 Å². The van der Waals surface area contributed by atoms with E-state index < -0.39 is 0 Å². The molecular formula is C15H23N3O3. The molecule has 1 N–H and O–H groups in total. The Kier molecular flexibility index (Phi) is 3.65. The molecule has 3 rings (SSSR count). The van der Waals surface area contributed by atoms with Gasteiger partial charge >= 0.3 is 6.09 Å². The van der Waals surface area contributed by atoms with Crippen molar-refractivity contribution in [3.63, 3.8) is 0 Å². The van der Waals surface area contributed by atoms with Crippen LogP contribution >= 0.6 is 0 Å². The first-order valence-corrected chi connectivity index (χ1v) is 7.53. The standard InChI is InChI=1S/C15H23N3O3/c1-10(2)13-12-11(16-9-17-12)4-5-18(13)14(19)21-8-15(3)6-20-7-15/h9-10,13H,4-8H2,1-3H3,(H,16,17)/t13-/m1/s1. The highest BCUT2D eigenvalue weighted by atomic mass is 16.6. The lowest BCUT2D eigenvalue weighted by atomic mass is 9.90. The Balaban J connectivity index is 1.70. The molecule has 0 radical (unpaired) electrons. The van der Waals surface area contributed by atoms with Crippen molar-refractivity contribution in [1.29, 1.82) is 0 Å². The van der Waals surface area contributed by atoms with E-state index >= 15 is 0 Å². The number of fused-ring (bicyclic) bond motifs is 1. The molecular weight excluding hydrogens is 270 g/mol. The number of amides is 1. The average molecular weight is 293 g/mol. The molecule has 1 atom stereocenters. The highest BCUT2D eigenvalue weighted by molar-refractivity contribution is 5.69. The second-order valence-electron chi connectivity index (χ2n) is 6.76. The van der Waals surface area contributed by atoms with E-state index in [-0.39, 0.29) is 17.6 Å². The number of ether oxygens (including phenoxy) is 2. The monoisotopic (exact) mass is 293 g/mol. The Morgan fingerprint density at radius 2 is 2.38 bits per heavy atom. The minimum atomic E-state index is -0.240. The summed E-state index contributed by atoms with van der Waals surface area (Å²) in [5.74, 6) is 0.294. The summed E-state index contributed by atoms with van der Waals surface area (Å²) in [5, 5.41) is 0. The van der Waals surface area contributed by atoms with E-state index in [0.29, 0.717) is 32.3 Å². The first kappa shape index (κ1) is 14.4. The lowest BCUT2D eigenvalue weighted by Gasteiger charge is -2.40. The van der Waals surface area contributed by atoms with Gasteiger partial charge in [0.15, 0.2) is 0 Å². The van der Waals surface area contributed by atoms with E-state index in [0.717, 1.165) is 17.8 Å². The number of carbonyl (C=O) groups excluding carboxylic acids is 1. The molecule has 0 saturated carbocycles. The van der Waals surface area contributed by atoms with Gasteiger partial charge in [-0.05, 0) is 5.92 Å². The summed E-state index contributed by atoms with van der Waals surface area (Å²) in [6.45, 7) is 8.71. The second kappa shape index (κ2) is 5.33. The lowest BCUT2D eigenvalue weighted by molar-refractivity contribution is -0.128. The number of hydrogen-bond acceptors (Lipinski definition) is 4. The second-order valence-corrected chi connectivity index (χ2v) is 6.76. The molecule has 21 heavy (non-hydrogen) atoms. The van der Waals surface area contributed by atoms with Crippen molar-refractivity contribution < 1.29 is 14.3 Å². The zero-order valence-corrected chi connectivity index (χ0v) is 12.9. The molecule has 0 bridgehead atoms. The molecule has 6 nitrogen and oxygen atoms in total. The molecule has 6 heteroatoms. The molecule has 1 fully saturated rings. The molecule has 0 spiro atoms. The van der Waals surface area contributed by atoms with Crippen LogP contribution in [-0.2, 0) is 15.9 Å². The van der Waals surface area contributed by atoms with Gasteiger partial charge < -0.3 is 14.5 Å². The molecule has 2 aliphatic rings. The number of imidazole rings is 1. The maximum absolute atomic E-state index is 12.5. The highest BCUT2D eigenvalue weighted by Crippen LogP contribution is 2.34. The summed E-state index contributed by atoms with van der Waals surface area (Å²) in [6.07, 6.45) is 2.27. The number of H-pyrrole nitrogens is 1. The minimum absolute atomic E-state index is 0.0158. The van der Waals surface area contributed by atoms with Crippen molar-refractivity contribution >= 4 is 6.09 Å². The van der Waals surface area contributed by atoms with Crippen LogP contribution in [0.15, 0.2) is 6.33 Å². The van der Waals surface area contributed by atoms with Crippen LogP contribution in [0.2, 0.25) is 0 Å². The van der Waals surface area contributed by atoms with Crippen molar-refractivity contribution in [2.24, 2.45) is 11.3 Å². The molecule has 0 aromatic carbocycles. The summed E-state index contributed by atoms with van der Waals surface area (Å²) in [5.41, 5.74) is 2.10. The Morgan fingerprint density at radius 3 is 3.00 bits per heavy atom. The molecule has 2 aliphatic heterocycles. The Bertz CT molecular complexity index is 522. The van der Waals surface area contributed by atoms with E-state index in [2.05, 4.69) is 30.7 Å². The first-order valence-electron chi connectivity index (χ1n) is 7.53. The lowest BCUT2D eigenvalue weighted by Crippen LogP contribution is -2.47. The third-order valence-electron chi connectivity index (χ3n) is 4.28. The van der Waals surface area contributed by atoms with Gasteiger partial charge in [-0.15, -0.1) is 0 Å². The molecule has 1 aromatic heterocycles. The van der Waals surface area contributed by atoms with E-state index in [9.17, 15) is 4.79 Å². The number of aromatic nitrogens is 2. The molecule has 116 valence electrons. The topological polar surface area (TPSA) is 67.5 Å². The number of hydrogen-bond donors (Lipinski definition) is 1. The average Bonchev–Trinajstić information content (AvgIpc) is 2.89. The highest BCUT2D eigenvalue weighted by Gasteiger charge is 2.38. The van der Waals surface area contributed by atoms with E-state index in [1.54, 1.807) is 6.33 Å².